The Morgan fingerprint density at radius 1 is 1.33 bits per heavy atom. The zero-order valence-electron chi connectivity index (χ0n) is 9.16. The number of alkyl halides is 4. The molecule has 0 aliphatic rings. The van der Waals surface area contributed by atoms with Crippen LogP contribution in [-0.4, -0.2) is 53.3 Å². The second-order valence-corrected chi connectivity index (χ2v) is 3.45. The summed E-state index contributed by atoms with van der Waals surface area (Å²) in [5, 5.41) is 20.5. The summed E-state index contributed by atoms with van der Waals surface area (Å²) in [4.78, 5) is 21.5. The van der Waals surface area contributed by atoms with Crippen LogP contribution in [0.3, 0.4) is 0 Å². The number of hydrogen-bond donors (Lipinski definition) is 4. The standard InChI is InChI=1S/C8H12F4N2O4/c1-3(15)4(5(16)17)14-7(18)13-2-8(11,12)6(9)10/h3-4,6,15H,2H2,1H3,(H,16,17)(H2,13,14,18)/t3-,4+/m1/s1. The van der Waals surface area contributed by atoms with Crippen molar-refractivity contribution in [2.24, 2.45) is 0 Å². The van der Waals surface area contributed by atoms with Gasteiger partial charge in [0, 0.05) is 0 Å². The van der Waals surface area contributed by atoms with E-state index < -0.39 is 43.0 Å². The average Bonchev–Trinajstić information content (AvgIpc) is 2.22. The van der Waals surface area contributed by atoms with Gasteiger partial charge in [-0.2, -0.15) is 8.78 Å². The molecule has 106 valence electrons. The van der Waals surface area contributed by atoms with Crippen molar-refractivity contribution in [3.8, 4) is 0 Å². The lowest BCUT2D eigenvalue weighted by Crippen LogP contribution is -2.53. The molecule has 2 amide bonds. The maximum Gasteiger partial charge on any atom is 0.328 e. The van der Waals surface area contributed by atoms with Gasteiger partial charge in [-0.1, -0.05) is 0 Å². The van der Waals surface area contributed by atoms with E-state index in [1.807, 2.05) is 0 Å². The van der Waals surface area contributed by atoms with E-state index in [1.54, 1.807) is 5.32 Å². The van der Waals surface area contributed by atoms with Gasteiger partial charge in [-0.25, -0.2) is 18.4 Å². The van der Waals surface area contributed by atoms with Crippen molar-refractivity contribution in [1.82, 2.24) is 10.6 Å². The number of aliphatic hydroxyl groups is 1. The molecule has 2 atom stereocenters. The molecule has 0 fully saturated rings. The fraction of sp³-hybridized carbons (Fsp3) is 0.750. The Bertz CT molecular complexity index is 311. The first kappa shape index (κ1) is 16.4. The largest absolute Gasteiger partial charge is 0.480 e. The molecule has 0 bridgehead atoms. The summed E-state index contributed by atoms with van der Waals surface area (Å²) in [6, 6.07) is -3.13. The third kappa shape index (κ3) is 5.17. The zero-order valence-corrected chi connectivity index (χ0v) is 9.16. The number of carbonyl (C=O) groups excluding carboxylic acids is 1. The zero-order chi connectivity index (χ0) is 14.5. The van der Waals surface area contributed by atoms with E-state index in [1.165, 1.54) is 5.32 Å². The number of carboxylic acids is 1. The van der Waals surface area contributed by atoms with Crippen molar-refractivity contribution < 1.29 is 37.4 Å². The molecule has 6 nitrogen and oxygen atoms in total. The summed E-state index contributed by atoms with van der Waals surface area (Å²) < 4.78 is 48.3. The van der Waals surface area contributed by atoms with Crippen molar-refractivity contribution in [2.45, 2.75) is 31.4 Å². The Kier molecular flexibility index (Phi) is 5.82. The molecule has 10 heteroatoms. The van der Waals surface area contributed by atoms with Crippen LogP contribution >= 0.6 is 0 Å². The van der Waals surface area contributed by atoms with Crippen molar-refractivity contribution in [3.63, 3.8) is 0 Å². The van der Waals surface area contributed by atoms with Crippen LogP contribution in [0.2, 0.25) is 0 Å². The molecular formula is C8H12F4N2O4. The Morgan fingerprint density at radius 3 is 2.17 bits per heavy atom. The van der Waals surface area contributed by atoms with E-state index >= 15 is 0 Å². The van der Waals surface area contributed by atoms with Crippen LogP contribution < -0.4 is 10.6 Å². The first-order valence-corrected chi connectivity index (χ1v) is 4.69. The highest BCUT2D eigenvalue weighted by atomic mass is 19.3. The van der Waals surface area contributed by atoms with Crippen LogP contribution in [-0.2, 0) is 4.79 Å². The molecule has 0 saturated carbocycles. The van der Waals surface area contributed by atoms with Gasteiger partial charge in [0.15, 0.2) is 6.04 Å². The summed E-state index contributed by atoms with van der Waals surface area (Å²) in [6.07, 6.45) is -5.44. The Morgan fingerprint density at radius 2 is 1.83 bits per heavy atom. The Balaban J connectivity index is 4.31. The van der Waals surface area contributed by atoms with E-state index in [0.29, 0.717) is 0 Å². The van der Waals surface area contributed by atoms with Crippen LogP contribution in [0.25, 0.3) is 0 Å². The number of rotatable bonds is 6. The van der Waals surface area contributed by atoms with E-state index in [-0.39, 0.29) is 0 Å². The average molecular weight is 276 g/mol. The number of carboxylic acid groups (broad SMARTS) is 1. The smallest absolute Gasteiger partial charge is 0.328 e. The SMILES string of the molecule is C[C@@H](O)[C@H](NC(=O)NCC(F)(F)C(F)F)C(=O)O. The molecule has 0 saturated heterocycles. The molecule has 0 aromatic rings. The fourth-order valence-electron chi connectivity index (χ4n) is 0.856. The summed E-state index contributed by atoms with van der Waals surface area (Å²) in [5.41, 5.74) is 0. The number of nitrogens with one attached hydrogen (secondary N) is 2. The highest BCUT2D eigenvalue weighted by molar-refractivity contribution is 5.82. The lowest BCUT2D eigenvalue weighted by molar-refractivity contribution is -0.141. The first-order chi connectivity index (χ1) is 8.08. The topological polar surface area (TPSA) is 98.7 Å². The van der Waals surface area contributed by atoms with Crippen molar-refractivity contribution in [3.05, 3.63) is 0 Å². The van der Waals surface area contributed by atoms with Gasteiger partial charge in [0.05, 0.1) is 12.6 Å². The Hall–Kier alpha value is -1.58. The summed E-state index contributed by atoms with van der Waals surface area (Å²) in [5.74, 6) is -6.01. The predicted molar refractivity (Wildman–Crippen MR) is 50.6 cm³/mol. The molecule has 0 rings (SSSR count). The third-order valence-electron chi connectivity index (χ3n) is 1.84. The quantitative estimate of drug-likeness (QED) is 0.514. The minimum Gasteiger partial charge on any atom is -0.480 e. The fourth-order valence-corrected chi connectivity index (χ4v) is 0.856. The molecule has 0 radical (unpaired) electrons. The number of carbonyl (C=O) groups is 2. The molecule has 0 unspecified atom stereocenters. The molecule has 0 aromatic heterocycles. The second-order valence-electron chi connectivity index (χ2n) is 3.45. The number of amides is 2. The number of halogens is 4. The molecule has 0 spiro atoms. The maximum absolute atomic E-state index is 12.4. The molecule has 0 aliphatic heterocycles. The van der Waals surface area contributed by atoms with Gasteiger partial charge in [0.2, 0.25) is 0 Å². The van der Waals surface area contributed by atoms with E-state index in [0.717, 1.165) is 6.92 Å². The van der Waals surface area contributed by atoms with E-state index in [9.17, 15) is 27.2 Å². The number of aliphatic carboxylic acids is 1. The van der Waals surface area contributed by atoms with Crippen molar-refractivity contribution in [1.29, 1.82) is 0 Å². The van der Waals surface area contributed by atoms with Crippen molar-refractivity contribution >= 4 is 12.0 Å². The highest BCUT2D eigenvalue weighted by Gasteiger charge is 2.41. The first-order valence-electron chi connectivity index (χ1n) is 4.69. The monoisotopic (exact) mass is 276 g/mol. The summed E-state index contributed by atoms with van der Waals surface area (Å²) >= 11 is 0. The van der Waals surface area contributed by atoms with E-state index in [2.05, 4.69) is 0 Å². The van der Waals surface area contributed by atoms with Crippen LogP contribution in [0.4, 0.5) is 22.4 Å². The van der Waals surface area contributed by atoms with Gasteiger partial charge in [0.25, 0.3) is 0 Å². The van der Waals surface area contributed by atoms with Gasteiger partial charge in [-0.05, 0) is 6.92 Å². The lowest BCUT2D eigenvalue weighted by Gasteiger charge is -2.19. The van der Waals surface area contributed by atoms with Crippen LogP contribution in [0.15, 0.2) is 0 Å². The molecule has 18 heavy (non-hydrogen) atoms. The number of urea groups is 1. The van der Waals surface area contributed by atoms with Gasteiger partial charge in [-0.15, -0.1) is 0 Å². The van der Waals surface area contributed by atoms with Crippen LogP contribution in [0.5, 0.6) is 0 Å². The summed E-state index contributed by atoms with van der Waals surface area (Å²) in [7, 11) is 0. The van der Waals surface area contributed by atoms with Crippen LogP contribution in [0, 0.1) is 0 Å². The van der Waals surface area contributed by atoms with Gasteiger partial charge in [0.1, 0.15) is 0 Å². The normalized spacial score (nSPS) is 15.1. The summed E-state index contributed by atoms with van der Waals surface area (Å²) in [6.45, 7) is -0.602. The third-order valence-corrected chi connectivity index (χ3v) is 1.84. The molecule has 4 N–H and O–H groups in total. The van der Waals surface area contributed by atoms with E-state index in [4.69, 9.17) is 10.2 Å². The minimum atomic E-state index is -4.42. The number of hydrogen-bond acceptors (Lipinski definition) is 3. The van der Waals surface area contributed by atoms with Crippen molar-refractivity contribution in [2.75, 3.05) is 6.54 Å². The predicted octanol–water partition coefficient (Wildman–Crippen LogP) is 0.0200. The van der Waals surface area contributed by atoms with Crippen LogP contribution in [0.1, 0.15) is 6.92 Å². The molecule has 0 heterocycles. The molecule has 0 aliphatic carbocycles. The lowest BCUT2D eigenvalue weighted by atomic mass is 10.2. The van der Waals surface area contributed by atoms with Gasteiger partial charge >= 0.3 is 24.3 Å². The molecule has 0 aromatic carbocycles. The maximum atomic E-state index is 12.4. The molecular weight excluding hydrogens is 264 g/mol. The second kappa shape index (κ2) is 6.38. The number of aliphatic hydroxyl groups excluding tert-OH is 1. The minimum absolute atomic E-state index is 1.05. The van der Waals surface area contributed by atoms with Gasteiger partial charge < -0.3 is 20.8 Å². The highest BCUT2D eigenvalue weighted by Crippen LogP contribution is 2.21. The van der Waals surface area contributed by atoms with Gasteiger partial charge in [-0.3, -0.25) is 0 Å². The Labute approximate surface area is 99.0 Å².